The highest BCUT2D eigenvalue weighted by Gasteiger charge is 2.21. The fourth-order valence-corrected chi connectivity index (χ4v) is 6.28. The Morgan fingerprint density at radius 2 is 1.89 bits per heavy atom. The van der Waals surface area contributed by atoms with Crippen LogP contribution in [0.15, 0.2) is 63.4 Å². The van der Waals surface area contributed by atoms with Gasteiger partial charge in [-0.25, -0.2) is 27.2 Å². The van der Waals surface area contributed by atoms with E-state index in [0.717, 1.165) is 29.2 Å². The largest absolute Gasteiger partial charge is 0.394 e. The van der Waals surface area contributed by atoms with Crippen molar-refractivity contribution in [2.75, 3.05) is 17.7 Å². The molecule has 0 bridgehead atoms. The molecule has 0 aliphatic carbocycles. The highest BCUT2D eigenvalue weighted by Crippen LogP contribution is 2.29. The molecule has 0 aliphatic rings. The number of rotatable bonds is 10. The number of anilines is 1. The Kier molecular flexibility index (Phi) is 8.03. The third kappa shape index (κ3) is 5.75. The van der Waals surface area contributed by atoms with Crippen LogP contribution in [0.2, 0.25) is 0 Å². The third-order valence-electron chi connectivity index (χ3n) is 5.22. The predicted octanol–water partition coefficient (Wildman–Crippen LogP) is 3.69. The van der Waals surface area contributed by atoms with Crippen molar-refractivity contribution in [1.29, 1.82) is 0 Å². The fourth-order valence-electron chi connectivity index (χ4n) is 3.32. The standard InChI is InChI=1S/C23H22F2N4O4S3/c1-14(12-30)26-20-19-21(28-22(27-20)34-13-15-6-5-9-17(24)18(15)25)29(23(31)35-19)10-11-36(32,33)16-7-3-2-4-8-16/h2-9,14,30H,10-13H2,1H3,(H,26,27,28)/t14-/m1/s1. The van der Waals surface area contributed by atoms with Gasteiger partial charge >= 0.3 is 4.87 Å². The van der Waals surface area contributed by atoms with Gasteiger partial charge in [-0.2, -0.15) is 0 Å². The molecule has 2 aromatic heterocycles. The molecular weight excluding hydrogens is 530 g/mol. The molecule has 0 spiro atoms. The van der Waals surface area contributed by atoms with E-state index in [1.54, 1.807) is 25.1 Å². The van der Waals surface area contributed by atoms with Gasteiger partial charge in [-0.05, 0) is 25.1 Å². The second-order valence-corrected chi connectivity index (χ2v) is 11.9. The molecule has 4 rings (SSSR count). The number of nitrogens with one attached hydrogen (secondary N) is 1. The van der Waals surface area contributed by atoms with E-state index in [0.29, 0.717) is 4.70 Å². The smallest absolute Gasteiger partial charge is 0.309 e. The number of fused-ring (bicyclic) bond motifs is 1. The van der Waals surface area contributed by atoms with Gasteiger partial charge in [0.15, 0.2) is 38.1 Å². The number of aryl methyl sites for hydroxylation is 1. The second kappa shape index (κ2) is 11.0. The predicted molar refractivity (Wildman–Crippen MR) is 136 cm³/mol. The van der Waals surface area contributed by atoms with Gasteiger partial charge in [0.05, 0.1) is 17.3 Å². The minimum atomic E-state index is -3.65. The first-order valence-corrected chi connectivity index (χ1v) is 14.3. The number of nitrogens with zero attached hydrogens (tertiary/aromatic N) is 3. The third-order valence-corrected chi connectivity index (χ3v) is 8.81. The van der Waals surface area contributed by atoms with Crippen LogP contribution in [0, 0.1) is 11.6 Å². The molecule has 2 aromatic carbocycles. The first-order chi connectivity index (χ1) is 17.2. The number of thiazole rings is 1. The van der Waals surface area contributed by atoms with Gasteiger partial charge in [0, 0.05) is 23.9 Å². The summed E-state index contributed by atoms with van der Waals surface area (Å²) in [5.74, 6) is -1.93. The van der Waals surface area contributed by atoms with Crippen LogP contribution in [0.5, 0.6) is 0 Å². The molecule has 0 saturated heterocycles. The summed E-state index contributed by atoms with van der Waals surface area (Å²) in [4.78, 5) is 21.4. The maximum absolute atomic E-state index is 14.1. The molecule has 2 N–H and O–H groups in total. The number of benzene rings is 2. The van der Waals surface area contributed by atoms with Gasteiger partial charge in [-0.3, -0.25) is 9.36 Å². The summed E-state index contributed by atoms with van der Waals surface area (Å²) in [5, 5.41) is 12.7. The minimum Gasteiger partial charge on any atom is -0.394 e. The zero-order valence-electron chi connectivity index (χ0n) is 19.0. The van der Waals surface area contributed by atoms with Crippen LogP contribution in [-0.2, 0) is 22.1 Å². The number of hydrogen-bond acceptors (Lipinski definition) is 9. The molecule has 0 radical (unpaired) electrons. The minimum absolute atomic E-state index is 0.0286. The van der Waals surface area contributed by atoms with Crippen molar-refractivity contribution in [2.24, 2.45) is 0 Å². The Labute approximate surface area is 214 Å². The second-order valence-electron chi connectivity index (χ2n) is 7.89. The molecule has 4 aromatic rings. The number of halogens is 2. The van der Waals surface area contributed by atoms with Gasteiger partial charge in [0.2, 0.25) is 0 Å². The van der Waals surface area contributed by atoms with Crippen molar-refractivity contribution in [3.63, 3.8) is 0 Å². The first-order valence-electron chi connectivity index (χ1n) is 10.8. The van der Waals surface area contributed by atoms with E-state index >= 15 is 0 Å². The molecule has 0 fully saturated rings. The van der Waals surface area contributed by atoms with Gasteiger partial charge in [-0.1, -0.05) is 53.4 Å². The zero-order valence-corrected chi connectivity index (χ0v) is 21.5. The van der Waals surface area contributed by atoms with Crippen molar-refractivity contribution in [3.05, 3.63) is 75.4 Å². The molecule has 36 heavy (non-hydrogen) atoms. The summed E-state index contributed by atoms with van der Waals surface area (Å²) in [6.07, 6.45) is 0. The molecule has 2 heterocycles. The van der Waals surface area contributed by atoms with Gasteiger partial charge in [-0.15, -0.1) is 0 Å². The van der Waals surface area contributed by atoms with Crippen LogP contribution in [0.1, 0.15) is 12.5 Å². The molecule has 0 aliphatic heterocycles. The highest BCUT2D eigenvalue weighted by molar-refractivity contribution is 7.98. The van der Waals surface area contributed by atoms with Crippen LogP contribution < -0.4 is 10.2 Å². The lowest BCUT2D eigenvalue weighted by molar-refractivity contribution is 0.281. The molecule has 0 unspecified atom stereocenters. The Bertz CT molecular complexity index is 1540. The number of aliphatic hydroxyl groups is 1. The van der Waals surface area contributed by atoms with Gasteiger partial charge in [0.25, 0.3) is 0 Å². The molecule has 0 saturated carbocycles. The number of thioether (sulfide) groups is 1. The van der Waals surface area contributed by atoms with Crippen LogP contribution in [0.4, 0.5) is 14.6 Å². The van der Waals surface area contributed by atoms with Crippen molar-refractivity contribution in [3.8, 4) is 0 Å². The Hall–Kier alpha value is -2.87. The monoisotopic (exact) mass is 552 g/mol. The Morgan fingerprint density at radius 3 is 2.61 bits per heavy atom. The van der Waals surface area contributed by atoms with E-state index < -0.39 is 32.4 Å². The number of sulfone groups is 1. The normalized spacial score (nSPS) is 12.7. The summed E-state index contributed by atoms with van der Waals surface area (Å²) in [7, 11) is -3.65. The van der Waals surface area contributed by atoms with Gasteiger partial charge in [0.1, 0.15) is 4.70 Å². The average molecular weight is 553 g/mol. The van der Waals surface area contributed by atoms with E-state index in [-0.39, 0.29) is 51.7 Å². The zero-order chi connectivity index (χ0) is 25.9. The molecule has 8 nitrogen and oxygen atoms in total. The summed E-state index contributed by atoms with van der Waals surface area (Å²) < 4.78 is 54.9. The summed E-state index contributed by atoms with van der Waals surface area (Å²) in [5.41, 5.74) is 0.344. The average Bonchev–Trinajstić information content (AvgIpc) is 3.19. The summed E-state index contributed by atoms with van der Waals surface area (Å²) in [6, 6.07) is 11.4. The Balaban J connectivity index is 1.69. The van der Waals surface area contributed by atoms with Crippen molar-refractivity contribution >= 4 is 49.1 Å². The molecular formula is C23H22F2N4O4S3. The van der Waals surface area contributed by atoms with E-state index in [4.69, 9.17) is 0 Å². The van der Waals surface area contributed by atoms with E-state index in [9.17, 15) is 27.1 Å². The molecule has 0 amide bonds. The van der Waals surface area contributed by atoms with Gasteiger partial charge < -0.3 is 10.4 Å². The first kappa shape index (κ1) is 26.2. The van der Waals surface area contributed by atoms with Crippen LogP contribution >= 0.6 is 23.1 Å². The summed E-state index contributed by atoms with van der Waals surface area (Å²) in [6.45, 7) is 1.38. The SMILES string of the molecule is C[C@H](CO)Nc1nc(SCc2cccc(F)c2F)nc2c1sc(=O)n2CCS(=O)(=O)c1ccccc1. The van der Waals surface area contributed by atoms with E-state index in [1.165, 1.54) is 28.8 Å². The Morgan fingerprint density at radius 1 is 1.14 bits per heavy atom. The number of aliphatic hydroxyl groups excluding tert-OH is 1. The lowest BCUT2D eigenvalue weighted by atomic mass is 10.2. The number of aromatic nitrogens is 3. The van der Waals surface area contributed by atoms with Crippen LogP contribution in [0.3, 0.4) is 0 Å². The molecule has 190 valence electrons. The topological polar surface area (TPSA) is 114 Å². The lowest BCUT2D eigenvalue weighted by Gasteiger charge is -2.13. The number of hydrogen-bond donors (Lipinski definition) is 2. The lowest BCUT2D eigenvalue weighted by Crippen LogP contribution is -2.21. The quantitative estimate of drug-likeness (QED) is 0.226. The maximum atomic E-state index is 14.1. The fraction of sp³-hybridized carbons (Fsp3) is 0.261. The van der Waals surface area contributed by atoms with Crippen molar-refractivity contribution in [2.45, 2.75) is 35.3 Å². The van der Waals surface area contributed by atoms with Crippen molar-refractivity contribution in [1.82, 2.24) is 14.5 Å². The van der Waals surface area contributed by atoms with E-state index in [2.05, 4.69) is 15.3 Å². The van der Waals surface area contributed by atoms with Crippen molar-refractivity contribution < 1.29 is 22.3 Å². The molecule has 13 heteroatoms. The van der Waals surface area contributed by atoms with Crippen LogP contribution in [0.25, 0.3) is 10.3 Å². The summed E-state index contributed by atoms with van der Waals surface area (Å²) >= 11 is 1.89. The van der Waals surface area contributed by atoms with Crippen LogP contribution in [-0.4, -0.2) is 46.5 Å². The molecule has 1 atom stereocenters. The van der Waals surface area contributed by atoms with E-state index in [1.807, 2.05) is 0 Å². The maximum Gasteiger partial charge on any atom is 0.309 e. The highest BCUT2D eigenvalue weighted by atomic mass is 32.2.